The molecule has 0 saturated carbocycles. The first kappa shape index (κ1) is 21.2. The predicted octanol–water partition coefficient (Wildman–Crippen LogP) is 5.88. The maximum absolute atomic E-state index is 12.5. The third kappa shape index (κ3) is 5.16. The van der Waals surface area contributed by atoms with E-state index in [1.165, 1.54) is 17.3 Å². The highest BCUT2D eigenvalue weighted by atomic mass is 35.5. The number of aryl methyl sites for hydroxylation is 1. The molecule has 0 bridgehead atoms. The Morgan fingerprint density at radius 1 is 0.968 bits per heavy atom. The lowest BCUT2D eigenvalue weighted by molar-refractivity contribution is -0.113. The van der Waals surface area contributed by atoms with E-state index in [-0.39, 0.29) is 11.7 Å². The van der Waals surface area contributed by atoms with Crippen LogP contribution in [0.4, 0.5) is 5.69 Å². The molecule has 0 aliphatic heterocycles. The lowest BCUT2D eigenvalue weighted by atomic mass is 10.1. The molecule has 1 aromatic heterocycles. The van der Waals surface area contributed by atoms with Crippen molar-refractivity contribution in [3.05, 3.63) is 89.4 Å². The number of aromatic nitrogens is 3. The zero-order chi connectivity index (χ0) is 21.6. The smallest absolute Gasteiger partial charge is 0.234 e. The molecule has 31 heavy (non-hydrogen) atoms. The number of carbonyl (C=O) groups is 1. The van der Waals surface area contributed by atoms with Crippen molar-refractivity contribution in [1.29, 1.82) is 0 Å². The van der Waals surface area contributed by atoms with Gasteiger partial charge in [0.2, 0.25) is 5.91 Å². The Bertz CT molecular complexity index is 1160. The second kappa shape index (κ2) is 9.81. The fourth-order valence-corrected chi connectivity index (χ4v) is 3.99. The molecule has 7 heteroatoms. The van der Waals surface area contributed by atoms with Crippen molar-refractivity contribution in [3.8, 4) is 17.1 Å². The monoisotopic (exact) mass is 448 g/mol. The molecule has 4 aromatic rings. The van der Waals surface area contributed by atoms with E-state index < -0.39 is 0 Å². The van der Waals surface area contributed by atoms with Crippen LogP contribution in [0.15, 0.2) is 84.0 Å². The molecule has 156 valence electrons. The van der Waals surface area contributed by atoms with Crippen molar-refractivity contribution >= 4 is 35.0 Å². The molecular weight excluding hydrogens is 428 g/mol. The Morgan fingerprint density at radius 2 is 1.68 bits per heavy atom. The number of hydrogen-bond donors (Lipinski definition) is 1. The van der Waals surface area contributed by atoms with Crippen LogP contribution >= 0.6 is 23.4 Å². The summed E-state index contributed by atoms with van der Waals surface area (Å²) in [7, 11) is 0. The van der Waals surface area contributed by atoms with E-state index in [2.05, 4.69) is 22.4 Å². The van der Waals surface area contributed by atoms with Gasteiger partial charge >= 0.3 is 0 Å². The van der Waals surface area contributed by atoms with Crippen molar-refractivity contribution in [2.75, 3.05) is 11.1 Å². The number of nitrogens with zero attached hydrogens (tertiary/aromatic N) is 3. The van der Waals surface area contributed by atoms with Crippen LogP contribution in [0.1, 0.15) is 12.5 Å². The molecule has 3 aromatic carbocycles. The van der Waals surface area contributed by atoms with Crippen LogP contribution in [0.3, 0.4) is 0 Å². The van der Waals surface area contributed by atoms with Crippen LogP contribution in [0.2, 0.25) is 5.02 Å². The fraction of sp³-hybridized carbons (Fsp3) is 0.125. The van der Waals surface area contributed by atoms with Gasteiger partial charge < -0.3 is 5.32 Å². The summed E-state index contributed by atoms with van der Waals surface area (Å²) >= 11 is 7.41. The summed E-state index contributed by atoms with van der Waals surface area (Å²) in [5.74, 6) is 0.831. The summed E-state index contributed by atoms with van der Waals surface area (Å²) in [4.78, 5) is 12.5. The minimum Gasteiger partial charge on any atom is -0.325 e. The zero-order valence-corrected chi connectivity index (χ0v) is 18.5. The summed E-state index contributed by atoms with van der Waals surface area (Å²) in [6.07, 6.45) is 0.966. The Kier molecular flexibility index (Phi) is 6.70. The summed E-state index contributed by atoms with van der Waals surface area (Å²) in [6.45, 7) is 2.10. The highest BCUT2D eigenvalue weighted by Gasteiger charge is 2.17. The highest BCUT2D eigenvalue weighted by Crippen LogP contribution is 2.28. The van der Waals surface area contributed by atoms with Crippen LogP contribution < -0.4 is 5.32 Å². The lowest BCUT2D eigenvalue weighted by Crippen LogP contribution is -2.14. The number of anilines is 1. The van der Waals surface area contributed by atoms with Gasteiger partial charge in [-0.3, -0.25) is 9.36 Å². The summed E-state index contributed by atoms with van der Waals surface area (Å²) in [5.41, 5.74) is 3.84. The molecule has 0 radical (unpaired) electrons. The second-order valence-corrected chi connectivity index (χ2v) is 8.25. The van der Waals surface area contributed by atoms with Gasteiger partial charge in [-0.15, -0.1) is 10.2 Å². The number of thioether (sulfide) groups is 1. The average molecular weight is 449 g/mol. The van der Waals surface area contributed by atoms with Crippen molar-refractivity contribution in [3.63, 3.8) is 0 Å². The van der Waals surface area contributed by atoms with Gasteiger partial charge in [0.25, 0.3) is 0 Å². The molecule has 0 fully saturated rings. The van der Waals surface area contributed by atoms with Gasteiger partial charge in [0, 0.05) is 22.0 Å². The maximum Gasteiger partial charge on any atom is 0.234 e. The highest BCUT2D eigenvalue weighted by molar-refractivity contribution is 7.99. The van der Waals surface area contributed by atoms with E-state index >= 15 is 0 Å². The van der Waals surface area contributed by atoms with Crippen molar-refractivity contribution in [1.82, 2.24) is 14.8 Å². The van der Waals surface area contributed by atoms with Crippen LogP contribution in [-0.4, -0.2) is 26.4 Å². The first-order valence-electron chi connectivity index (χ1n) is 9.92. The standard InChI is InChI=1S/C24H21ClN4OS/c1-2-17-8-12-20(13-9-17)26-22(30)16-31-24-28-27-23(18-6-4-3-5-7-18)29(24)21-14-10-19(25)11-15-21/h3-15H,2,16H2,1H3,(H,26,30). The molecule has 0 spiro atoms. The van der Waals surface area contributed by atoms with Crippen LogP contribution in [0, 0.1) is 0 Å². The van der Waals surface area contributed by atoms with E-state index in [0.29, 0.717) is 16.0 Å². The van der Waals surface area contributed by atoms with Crippen LogP contribution in [0.25, 0.3) is 17.1 Å². The minimum atomic E-state index is -0.0961. The molecule has 0 unspecified atom stereocenters. The number of hydrogen-bond acceptors (Lipinski definition) is 4. The molecule has 1 N–H and O–H groups in total. The second-order valence-electron chi connectivity index (χ2n) is 6.87. The van der Waals surface area contributed by atoms with Crippen LogP contribution in [0.5, 0.6) is 0 Å². The van der Waals surface area contributed by atoms with Gasteiger partial charge in [0.15, 0.2) is 11.0 Å². The molecule has 1 amide bonds. The largest absolute Gasteiger partial charge is 0.325 e. The van der Waals surface area contributed by atoms with Gasteiger partial charge in [-0.1, -0.05) is 72.8 Å². The number of rotatable bonds is 7. The van der Waals surface area contributed by atoms with Gasteiger partial charge in [0.1, 0.15) is 0 Å². The van der Waals surface area contributed by atoms with Gasteiger partial charge in [-0.05, 0) is 48.4 Å². The van der Waals surface area contributed by atoms with Crippen LogP contribution in [-0.2, 0) is 11.2 Å². The summed E-state index contributed by atoms with van der Waals surface area (Å²) < 4.78 is 1.94. The van der Waals surface area contributed by atoms with Crippen molar-refractivity contribution in [2.24, 2.45) is 0 Å². The minimum absolute atomic E-state index is 0.0961. The Balaban J connectivity index is 1.55. The quantitative estimate of drug-likeness (QED) is 0.358. The van der Waals surface area contributed by atoms with E-state index in [4.69, 9.17) is 11.6 Å². The summed E-state index contributed by atoms with van der Waals surface area (Å²) in [5, 5.41) is 13.0. The van der Waals surface area contributed by atoms with E-state index in [0.717, 1.165) is 23.4 Å². The van der Waals surface area contributed by atoms with Gasteiger partial charge in [-0.25, -0.2) is 0 Å². The number of halogens is 1. The van der Waals surface area contributed by atoms with Crippen molar-refractivity contribution in [2.45, 2.75) is 18.5 Å². The molecule has 4 rings (SSSR count). The average Bonchev–Trinajstić information content (AvgIpc) is 3.23. The third-order valence-corrected chi connectivity index (χ3v) is 5.91. The molecule has 0 aliphatic carbocycles. The summed E-state index contributed by atoms with van der Waals surface area (Å²) in [6, 6.07) is 25.2. The molecule has 5 nitrogen and oxygen atoms in total. The molecule has 1 heterocycles. The number of amides is 1. The van der Waals surface area contributed by atoms with E-state index in [9.17, 15) is 4.79 Å². The number of carbonyl (C=O) groups excluding carboxylic acids is 1. The first-order chi connectivity index (χ1) is 15.1. The van der Waals surface area contributed by atoms with E-state index in [1.54, 1.807) is 0 Å². The molecular formula is C24H21ClN4OS. The fourth-order valence-electron chi connectivity index (χ4n) is 3.11. The van der Waals surface area contributed by atoms with Crippen molar-refractivity contribution < 1.29 is 4.79 Å². The van der Waals surface area contributed by atoms with E-state index in [1.807, 2.05) is 83.4 Å². The van der Waals surface area contributed by atoms with Gasteiger partial charge in [0.05, 0.1) is 5.75 Å². The Labute approximate surface area is 190 Å². The molecule has 0 saturated heterocycles. The molecule has 0 aliphatic rings. The maximum atomic E-state index is 12.5. The topological polar surface area (TPSA) is 59.8 Å². The third-order valence-electron chi connectivity index (χ3n) is 4.73. The SMILES string of the molecule is CCc1ccc(NC(=O)CSc2nnc(-c3ccccc3)n2-c2ccc(Cl)cc2)cc1. The Hall–Kier alpha value is -3.09. The first-order valence-corrected chi connectivity index (χ1v) is 11.3. The zero-order valence-electron chi connectivity index (χ0n) is 17.0. The normalized spacial score (nSPS) is 10.8. The number of nitrogens with one attached hydrogen (secondary N) is 1. The Morgan fingerprint density at radius 3 is 2.35 bits per heavy atom. The molecule has 0 atom stereocenters. The predicted molar refractivity (Wildman–Crippen MR) is 127 cm³/mol. The lowest BCUT2D eigenvalue weighted by Gasteiger charge is -2.11. The van der Waals surface area contributed by atoms with Gasteiger partial charge in [-0.2, -0.15) is 0 Å². The number of benzene rings is 3.